The minimum absolute atomic E-state index is 0.167. The molecule has 0 aliphatic carbocycles. The van der Waals surface area contributed by atoms with Crippen molar-refractivity contribution in [1.29, 1.82) is 0 Å². The zero-order valence-corrected chi connectivity index (χ0v) is 18.7. The molecule has 1 saturated heterocycles. The quantitative estimate of drug-likeness (QED) is 0.356. The van der Waals surface area contributed by atoms with Gasteiger partial charge in [-0.1, -0.05) is 28.1 Å². The Hall–Kier alpha value is -3.03. The predicted octanol–water partition coefficient (Wildman–Crippen LogP) is 5.95. The number of nitrogens with zero attached hydrogens (tertiary/aromatic N) is 3. The van der Waals surface area contributed by atoms with Gasteiger partial charge in [0.05, 0.1) is 11.7 Å². The second-order valence-electron chi connectivity index (χ2n) is 7.26. The number of nitrogens with one attached hydrogen (secondary N) is 1. The first-order chi connectivity index (χ1) is 15.1. The summed E-state index contributed by atoms with van der Waals surface area (Å²) >= 11 is 9.31. The van der Waals surface area contributed by atoms with Crippen molar-refractivity contribution in [3.05, 3.63) is 113 Å². The fourth-order valence-corrected chi connectivity index (χ4v) is 4.76. The van der Waals surface area contributed by atoms with Crippen LogP contribution in [0.15, 0.2) is 95.7 Å². The standard InChI is InChI=1S/C24H18BrFN4S/c25-16-5-3-6-19(15-16)29-14-4-8-21(29)23-22(20-7-1-2-13-27-20)28-24(31)30(23)18-11-9-17(26)10-12-18/h1-15,22-23H,(H,28,31)/t22-,23-/m0/s1. The maximum Gasteiger partial charge on any atom is 0.174 e. The van der Waals surface area contributed by atoms with Crippen LogP contribution < -0.4 is 10.2 Å². The summed E-state index contributed by atoms with van der Waals surface area (Å²) in [5, 5.41) is 4.02. The summed E-state index contributed by atoms with van der Waals surface area (Å²) in [6.07, 6.45) is 3.82. The van der Waals surface area contributed by atoms with Crippen LogP contribution in [0.5, 0.6) is 0 Å². The van der Waals surface area contributed by atoms with E-state index in [2.05, 4.69) is 49.0 Å². The molecule has 2 aromatic heterocycles. The molecule has 31 heavy (non-hydrogen) atoms. The molecule has 5 rings (SSSR count). The van der Waals surface area contributed by atoms with E-state index in [0.29, 0.717) is 5.11 Å². The van der Waals surface area contributed by atoms with Gasteiger partial charge in [0, 0.05) is 33.9 Å². The van der Waals surface area contributed by atoms with E-state index in [9.17, 15) is 4.39 Å². The van der Waals surface area contributed by atoms with Crippen molar-refractivity contribution < 1.29 is 4.39 Å². The van der Waals surface area contributed by atoms with Gasteiger partial charge in [-0.3, -0.25) is 4.98 Å². The highest BCUT2D eigenvalue weighted by atomic mass is 79.9. The molecule has 4 nitrogen and oxygen atoms in total. The molecule has 0 amide bonds. The second-order valence-corrected chi connectivity index (χ2v) is 8.56. The van der Waals surface area contributed by atoms with E-state index in [-0.39, 0.29) is 17.9 Å². The summed E-state index contributed by atoms with van der Waals surface area (Å²) in [5.41, 5.74) is 3.79. The van der Waals surface area contributed by atoms with Crippen molar-refractivity contribution in [3.8, 4) is 5.69 Å². The Bertz CT molecular complexity index is 1230. The molecule has 1 N–H and O–H groups in total. The molecule has 3 heterocycles. The highest BCUT2D eigenvalue weighted by molar-refractivity contribution is 9.10. The highest BCUT2D eigenvalue weighted by Crippen LogP contribution is 2.42. The molecule has 7 heteroatoms. The molecular formula is C24H18BrFN4S. The minimum Gasteiger partial charge on any atom is -0.351 e. The number of anilines is 1. The van der Waals surface area contributed by atoms with Crippen LogP contribution >= 0.6 is 28.1 Å². The van der Waals surface area contributed by atoms with Gasteiger partial charge < -0.3 is 14.8 Å². The van der Waals surface area contributed by atoms with Crippen LogP contribution in [0.3, 0.4) is 0 Å². The zero-order chi connectivity index (χ0) is 21.4. The van der Waals surface area contributed by atoms with Gasteiger partial charge in [-0.25, -0.2) is 4.39 Å². The van der Waals surface area contributed by atoms with Crippen LogP contribution in [0.1, 0.15) is 23.5 Å². The van der Waals surface area contributed by atoms with Crippen LogP contribution in [0.2, 0.25) is 0 Å². The average molecular weight is 493 g/mol. The van der Waals surface area contributed by atoms with Gasteiger partial charge >= 0.3 is 0 Å². The largest absolute Gasteiger partial charge is 0.351 e. The topological polar surface area (TPSA) is 33.1 Å². The van der Waals surface area contributed by atoms with Gasteiger partial charge in [0.25, 0.3) is 0 Å². The van der Waals surface area contributed by atoms with E-state index in [1.54, 1.807) is 18.3 Å². The molecule has 154 valence electrons. The van der Waals surface area contributed by atoms with Gasteiger partial charge in [0.2, 0.25) is 0 Å². The molecule has 0 saturated carbocycles. The summed E-state index contributed by atoms with van der Waals surface area (Å²) in [6.45, 7) is 0. The average Bonchev–Trinajstić information content (AvgIpc) is 3.39. The lowest BCUT2D eigenvalue weighted by atomic mass is 10.0. The van der Waals surface area contributed by atoms with Gasteiger partial charge in [-0.15, -0.1) is 0 Å². The monoisotopic (exact) mass is 492 g/mol. The van der Waals surface area contributed by atoms with E-state index in [1.165, 1.54) is 12.1 Å². The van der Waals surface area contributed by atoms with E-state index in [0.717, 1.165) is 27.2 Å². The third-order valence-electron chi connectivity index (χ3n) is 5.37. The van der Waals surface area contributed by atoms with E-state index < -0.39 is 0 Å². The van der Waals surface area contributed by atoms with E-state index in [1.807, 2.05) is 47.5 Å². The number of rotatable bonds is 4. The summed E-state index contributed by atoms with van der Waals surface area (Å²) in [7, 11) is 0. The molecule has 4 aromatic rings. The number of hydrogen-bond donors (Lipinski definition) is 1. The fraction of sp³-hybridized carbons (Fsp3) is 0.0833. The van der Waals surface area contributed by atoms with Gasteiger partial charge in [0.15, 0.2) is 5.11 Å². The van der Waals surface area contributed by atoms with Crippen molar-refractivity contribution in [3.63, 3.8) is 0 Å². The normalized spacial score (nSPS) is 18.3. The first-order valence-corrected chi connectivity index (χ1v) is 11.0. The Morgan fingerprint density at radius 2 is 1.77 bits per heavy atom. The van der Waals surface area contributed by atoms with Crippen molar-refractivity contribution in [2.45, 2.75) is 12.1 Å². The number of pyridine rings is 1. The first kappa shape index (κ1) is 19.9. The number of thiocarbonyl (C=S) groups is 1. The lowest BCUT2D eigenvalue weighted by Gasteiger charge is -2.29. The molecule has 0 bridgehead atoms. The Labute approximate surface area is 193 Å². The van der Waals surface area contributed by atoms with Crippen LogP contribution in [0.25, 0.3) is 5.69 Å². The molecule has 0 spiro atoms. The molecule has 1 fully saturated rings. The lowest BCUT2D eigenvalue weighted by Crippen LogP contribution is -2.30. The third-order valence-corrected chi connectivity index (χ3v) is 6.18. The smallest absolute Gasteiger partial charge is 0.174 e. The van der Waals surface area contributed by atoms with Gasteiger partial charge in [0.1, 0.15) is 11.9 Å². The van der Waals surface area contributed by atoms with Gasteiger partial charge in [-0.2, -0.15) is 0 Å². The maximum absolute atomic E-state index is 13.6. The number of hydrogen-bond acceptors (Lipinski definition) is 2. The van der Waals surface area contributed by atoms with Crippen LogP contribution in [-0.4, -0.2) is 14.7 Å². The molecule has 2 atom stereocenters. The van der Waals surface area contributed by atoms with Crippen molar-refractivity contribution in [1.82, 2.24) is 14.9 Å². The Morgan fingerprint density at radius 1 is 0.935 bits per heavy atom. The molecule has 0 unspecified atom stereocenters. The Balaban J connectivity index is 1.67. The highest BCUT2D eigenvalue weighted by Gasteiger charge is 2.42. The fourth-order valence-electron chi connectivity index (χ4n) is 4.03. The van der Waals surface area contributed by atoms with E-state index >= 15 is 0 Å². The third kappa shape index (κ3) is 3.75. The first-order valence-electron chi connectivity index (χ1n) is 9.81. The molecule has 1 aliphatic rings. The Kier molecular flexibility index (Phi) is 5.29. The zero-order valence-electron chi connectivity index (χ0n) is 16.3. The van der Waals surface area contributed by atoms with Crippen molar-refractivity contribution in [2.75, 3.05) is 4.90 Å². The molecule has 2 aromatic carbocycles. The number of halogens is 2. The SMILES string of the molecule is Fc1ccc(N2C(=S)N[C@@H](c3ccccn3)[C@@H]2c2cccn2-c2cccc(Br)c2)cc1. The summed E-state index contributed by atoms with van der Waals surface area (Å²) in [6, 6.07) is 24.2. The molecule has 1 aliphatic heterocycles. The second kappa shape index (κ2) is 8.24. The minimum atomic E-state index is -0.280. The summed E-state index contributed by atoms with van der Waals surface area (Å²) in [5.74, 6) is -0.280. The van der Waals surface area contributed by atoms with E-state index in [4.69, 9.17) is 12.2 Å². The van der Waals surface area contributed by atoms with Crippen LogP contribution in [0.4, 0.5) is 10.1 Å². The predicted molar refractivity (Wildman–Crippen MR) is 128 cm³/mol. The number of aromatic nitrogens is 2. The lowest BCUT2D eigenvalue weighted by molar-refractivity contribution is 0.549. The van der Waals surface area contributed by atoms with Crippen molar-refractivity contribution >= 4 is 38.9 Å². The Morgan fingerprint density at radius 3 is 2.52 bits per heavy atom. The van der Waals surface area contributed by atoms with Crippen LogP contribution in [-0.2, 0) is 0 Å². The van der Waals surface area contributed by atoms with Crippen molar-refractivity contribution in [2.24, 2.45) is 0 Å². The maximum atomic E-state index is 13.6. The van der Waals surface area contributed by atoms with Crippen LogP contribution in [0, 0.1) is 5.82 Å². The number of benzene rings is 2. The summed E-state index contributed by atoms with van der Waals surface area (Å²) < 4.78 is 16.8. The molecular weight excluding hydrogens is 475 g/mol. The molecule has 0 radical (unpaired) electrons. The summed E-state index contributed by atoms with van der Waals surface area (Å²) in [4.78, 5) is 6.63. The van der Waals surface area contributed by atoms with Gasteiger partial charge in [-0.05, 0) is 78.9 Å².